The molecule has 0 aromatic rings. The van der Waals surface area contributed by atoms with Gasteiger partial charge in [0, 0.05) is 39.2 Å². The van der Waals surface area contributed by atoms with Gasteiger partial charge in [-0.2, -0.15) is 0 Å². The van der Waals surface area contributed by atoms with E-state index in [2.05, 4.69) is 5.32 Å². The number of aliphatic hydroxyl groups is 1. The zero-order chi connectivity index (χ0) is 13.8. The van der Waals surface area contributed by atoms with Crippen LogP contribution in [0.25, 0.3) is 0 Å². The van der Waals surface area contributed by atoms with Gasteiger partial charge in [-0.25, -0.2) is 0 Å². The molecule has 2 aliphatic heterocycles. The third kappa shape index (κ3) is 4.16. The van der Waals surface area contributed by atoms with Crippen molar-refractivity contribution >= 4 is 5.91 Å². The summed E-state index contributed by atoms with van der Waals surface area (Å²) in [7, 11) is 3.31. The monoisotopic (exact) mass is 270 g/mol. The summed E-state index contributed by atoms with van der Waals surface area (Å²) in [6, 6.07) is 1.25. The van der Waals surface area contributed by atoms with E-state index in [4.69, 9.17) is 4.74 Å². The molecule has 1 amide bonds. The van der Waals surface area contributed by atoms with Crippen LogP contribution in [0.5, 0.6) is 0 Å². The predicted octanol–water partition coefficient (Wildman–Crippen LogP) is 0.373. The standard InChI is InChI=1S/C14H26N2O3/c1-16(8-13(17)9-19-2)14(18)7-10-5-11-3-4-12(6-10)15-11/h10-13,15,17H,3-9H2,1-2H3. The molecule has 19 heavy (non-hydrogen) atoms. The molecule has 3 atom stereocenters. The topological polar surface area (TPSA) is 61.8 Å². The minimum absolute atomic E-state index is 0.140. The second-order valence-corrected chi connectivity index (χ2v) is 6.06. The minimum atomic E-state index is -0.594. The summed E-state index contributed by atoms with van der Waals surface area (Å²) in [5.74, 6) is 0.648. The fourth-order valence-corrected chi connectivity index (χ4v) is 3.41. The molecule has 5 nitrogen and oxygen atoms in total. The van der Waals surface area contributed by atoms with Crippen molar-refractivity contribution in [2.75, 3.05) is 27.3 Å². The minimum Gasteiger partial charge on any atom is -0.389 e. The van der Waals surface area contributed by atoms with Crippen LogP contribution in [0.1, 0.15) is 32.1 Å². The van der Waals surface area contributed by atoms with Crippen LogP contribution < -0.4 is 5.32 Å². The van der Waals surface area contributed by atoms with E-state index >= 15 is 0 Å². The van der Waals surface area contributed by atoms with E-state index < -0.39 is 6.10 Å². The number of aliphatic hydroxyl groups excluding tert-OH is 1. The molecule has 3 unspecified atom stereocenters. The summed E-state index contributed by atoms with van der Waals surface area (Å²) >= 11 is 0. The number of piperidine rings is 1. The zero-order valence-electron chi connectivity index (χ0n) is 12.0. The van der Waals surface area contributed by atoms with Crippen molar-refractivity contribution < 1.29 is 14.6 Å². The van der Waals surface area contributed by atoms with Gasteiger partial charge in [-0.1, -0.05) is 0 Å². The smallest absolute Gasteiger partial charge is 0.222 e. The Labute approximate surface area is 115 Å². The van der Waals surface area contributed by atoms with E-state index in [1.54, 1.807) is 19.1 Å². The maximum absolute atomic E-state index is 12.1. The number of carbonyl (C=O) groups is 1. The van der Waals surface area contributed by atoms with E-state index in [0.717, 1.165) is 12.8 Å². The molecule has 110 valence electrons. The molecule has 2 saturated heterocycles. The lowest BCUT2D eigenvalue weighted by atomic mass is 9.89. The Morgan fingerprint density at radius 1 is 1.42 bits per heavy atom. The van der Waals surface area contributed by atoms with Crippen molar-refractivity contribution in [2.24, 2.45) is 5.92 Å². The molecule has 0 aromatic carbocycles. The molecule has 0 saturated carbocycles. The molecule has 2 bridgehead atoms. The van der Waals surface area contributed by atoms with Crippen LogP contribution in [0.3, 0.4) is 0 Å². The molecule has 2 heterocycles. The average Bonchev–Trinajstić information content (AvgIpc) is 2.69. The molecular formula is C14H26N2O3. The van der Waals surface area contributed by atoms with Crippen LogP contribution in [0.4, 0.5) is 0 Å². The number of carbonyl (C=O) groups excluding carboxylic acids is 1. The quantitative estimate of drug-likeness (QED) is 0.732. The zero-order valence-corrected chi connectivity index (χ0v) is 12.0. The lowest BCUT2D eigenvalue weighted by Gasteiger charge is -2.30. The number of hydrogen-bond acceptors (Lipinski definition) is 4. The highest BCUT2D eigenvalue weighted by Crippen LogP contribution is 2.32. The van der Waals surface area contributed by atoms with Crippen molar-refractivity contribution in [1.29, 1.82) is 0 Å². The lowest BCUT2D eigenvalue weighted by molar-refractivity contribution is -0.132. The summed E-state index contributed by atoms with van der Waals surface area (Å²) in [5, 5.41) is 13.2. The largest absolute Gasteiger partial charge is 0.389 e. The fraction of sp³-hybridized carbons (Fsp3) is 0.929. The van der Waals surface area contributed by atoms with E-state index in [0.29, 0.717) is 31.0 Å². The van der Waals surface area contributed by atoms with E-state index in [9.17, 15) is 9.90 Å². The van der Waals surface area contributed by atoms with Gasteiger partial charge in [-0.15, -0.1) is 0 Å². The first kappa shape index (κ1) is 14.8. The van der Waals surface area contributed by atoms with Crippen molar-refractivity contribution in [3.63, 3.8) is 0 Å². The Morgan fingerprint density at radius 2 is 2.05 bits per heavy atom. The van der Waals surface area contributed by atoms with E-state index in [-0.39, 0.29) is 12.5 Å². The first-order chi connectivity index (χ1) is 9.08. The van der Waals surface area contributed by atoms with Gasteiger partial charge in [0.15, 0.2) is 0 Å². The number of likely N-dealkylation sites (N-methyl/N-ethyl adjacent to an activating group) is 1. The summed E-state index contributed by atoms with van der Waals surface area (Å²) in [4.78, 5) is 13.8. The Kier molecular flexibility index (Phi) is 5.19. The SMILES string of the molecule is COCC(O)CN(C)C(=O)CC1CC2CCC(C1)N2. The average molecular weight is 270 g/mol. The first-order valence-electron chi connectivity index (χ1n) is 7.25. The highest BCUT2D eigenvalue weighted by Gasteiger charge is 2.34. The lowest BCUT2D eigenvalue weighted by Crippen LogP contribution is -2.41. The van der Waals surface area contributed by atoms with Gasteiger partial charge in [-0.3, -0.25) is 4.79 Å². The van der Waals surface area contributed by atoms with Crippen molar-refractivity contribution in [2.45, 2.75) is 50.3 Å². The van der Waals surface area contributed by atoms with Gasteiger partial charge in [0.1, 0.15) is 0 Å². The predicted molar refractivity (Wildman–Crippen MR) is 72.8 cm³/mol. The molecule has 5 heteroatoms. The number of ether oxygens (including phenoxy) is 1. The summed E-state index contributed by atoms with van der Waals surface area (Å²) in [6.45, 7) is 0.625. The number of nitrogens with one attached hydrogen (secondary N) is 1. The second kappa shape index (κ2) is 6.68. The van der Waals surface area contributed by atoms with Gasteiger partial charge >= 0.3 is 0 Å². The Balaban J connectivity index is 1.74. The molecule has 2 aliphatic rings. The number of nitrogens with zero attached hydrogens (tertiary/aromatic N) is 1. The first-order valence-corrected chi connectivity index (χ1v) is 7.25. The molecular weight excluding hydrogens is 244 g/mol. The number of amides is 1. The third-order valence-electron chi connectivity index (χ3n) is 4.30. The normalized spacial score (nSPS) is 31.2. The third-order valence-corrected chi connectivity index (χ3v) is 4.30. The summed E-state index contributed by atoms with van der Waals surface area (Å²) < 4.78 is 4.87. The van der Waals surface area contributed by atoms with Gasteiger partial charge in [-0.05, 0) is 31.6 Å². The van der Waals surface area contributed by atoms with Gasteiger partial charge in [0.2, 0.25) is 5.91 Å². The van der Waals surface area contributed by atoms with Gasteiger partial charge in [0.05, 0.1) is 12.7 Å². The maximum atomic E-state index is 12.1. The van der Waals surface area contributed by atoms with Crippen molar-refractivity contribution in [3.05, 3.63) is 0 Å². The van der Waals surface area contributed by atoms with Crippen LogP contribution in [-0.4, -0.2) is 61.4 Å². The molecule has 0 aromatic heterocycles. The molecule has 0 radical (unpaired) electrons. The Bertz CT molecular complexity index is 299. The van der Waals surface area contributed by atoms with Crippen LogP contribution in [0, 0.1) is 5.92 Å². The Morgan fingerprint density at radius 3 is 2.63 bits per heavy atom. The fourth-order valence-electron chi connectivity index (χ4n) is 3.41. The molecule has 0 aliphatic carbocycles. The highest BCUT2D eigenvalue weighted by molar-refractivity contribution is 5.76. The van der Waals surface area contributed by atoms with Crippen molar-refractivity contribution in [3.8, 4) is 0 Å². The highest BCUT2D eigenvalue weighted by atomic mass is 16.5. The van der Waals surface area contributed by atoms with E-state index in [1.165, 1.54) is 12.8 Å². The number of hydrogen-bond donors (Lipinski definition) is 2. The van der Waals surface area contributed by atoms with Crippen LogP contribution >= 0.6 is 0 Å². The molecule has 2 fully saturated rings. The molecule has 2 rings (SSSR count). The number of methoxy groups -OCH3 is 1. The number of rotatable bonds is 6. The van der Waals surface area contributed by atoms with Gasteiger partial charge < -0.3 is 20.1 Å². The second-order valence-electron chi connectivity index (χ2n) is 6.06. The summed E-state index contributed by atoms with van der Waals surface area (Å²) in [5.41, 5.74) is 0. The van der Waals surface area contributed by atoms with E-state index in [1.807, 2.05) is 0 Å². The number of fused-ring (bicyclic) bond motifs is 2. The molecule has 0 spiro atoms. The summed E-state index contributed by atoms with van der Waals surface area (Å²) in [6.07, 6.45) is 4.79. The van der Waals surface area contributed by atoms with Crippen LogP contribution in [0.2, 0.25) is 0 Å². The van der Waals surface area contributed by atoms with Crippen molar-refractivity contribution in [1.82, 2.24) is 10.2 Å². The molecule has 2 N–H and O–H groups in total. The maximum Gasteiger partial charge on any atom is 0.222 e. The van der Waals surface area contributed by atoms with Crippen LogP contribution in [0.15, 0.2) is 0 Å². The van der Waals surface area contributed by atoms with Gasteiger partial charge in [0.25, 0.3) is 0 Å². The van der Waals surface area contributed by atoms with Crippen LogP contribution in [-0.2, 0) is 9.53 Å². The Hall–Kier alpha value is -0.650.